The van der Waals surface area contributed by atoms with Gasteiger partial charge in [-0.2, -0.15) is 0 Å². The maximum Gasteiger partial charge on any atom is 0.410 e. The van der Waals surface area contributed by atoms with Gasteiger partial charge >= 0.3 is 6.09 Å². The molecular weight excluding hydrogens is 262 g/mol. The van der Waals surface area contributed by atoms with Crippen LogP contribution in [0.5, 0.6) is 0 Å². The molecule has 0 aromatic carbocycles. The smallest absolute Gasteiger partial charge is 0.410 e. The SMILES string of the molecule is CNC(=O)C1(NC=O)CCN(C(=O)OC(C)(C)C)CC1. The summed E-state index contributed by atoms with van der Waals surface area (Å²) in [5.74, 6) is -0.242. The van der Waals surface area contributed by atoms with Gasteiger partial charge in [-0.1, -0.05) is 0 Å². The number of carbonyl (C=O) groups is 3. The van der Waals surface area contributed by atoms with Crippen LogP contribution in [0.25, 0.3) is 0 Å². The number of nitrogens with one attached hydrogen (secondary N) is 2. The first-order chi connectivity index (χ1) is 9.24. The molecule has 1 saturated heterocycles. The third kappa shape index (κ3) is 3.85. The van der Waals surface area contributed by atoms with Crippen molar-refractivity contribution in [1.82, 2.24) is 15.5 Å². The summed E-state index contributed by atoms with van der Waals surface area (Å²) in [4.78, 5) is 36.1. The topological polar surface area (TPSA) is 87.7 Å². The predicted molar refractivity (Wildman–Crippen MR) is 73.0 cm³/mol. The van der Waals surface area contributed by atoms with Crippen molar-refractivity contribution in [2.75, 3.05) is 20.1 Å². The van der Waals surface area contributed by atoms with Crippen molar-refractivity contribution in [3.63, 3.8) is 0 Å². The molecule has 0 spiro atoms. The van der Waals surface area contributed by atoms with E-state index in [0.717, 1.165) is 0 Å². The van der Waals surface area contributed by atoms with Crippen LogP contribution >= 0.6 is 0 Å². The normalized spacial score (nSPS) is 18.1. The molecule has 2 N–H and O–H groups in total. The summed E-state index contributed by atoms with van der Waals surface area (Å²) in [6, 6.07) is 0. The zero-order valence-electron chi connectivity index (χ0n) is 12.5. The number of nitrogens with zero attached hydrogens (tertiary/aromatic N) is 1. The summed E-state index contributed by atoms with van der Waals surface area (Å²) in [5.41, 5.74) is -1.48. The maximum atomic E-state index is 11.9. The fourth-order valence-corrected chi connectivity index (χ4v) is 2.19. The van der Waals surface area contributed by atoms with Gasteiger partial charge in [0.2, 0.25) is 12.3 Å². The Labute approximate surface area is 119 Å². The Hall–Kier alpha value is -1.79. The highest BCUT2D eigenvalue weighted by atomic mass is 16.6. The summed E-state index contributed by atoms with van der Waals surface area (Å²) in [5, 5.41) is 5.13. The first-order valence-electron chi connectivity index (χ1n) is 6.65. The van der Waals surface area contributed by atoms with Gasteiger partial charge in [-0.05, 0) is 33.6 Å². The standard InChI is InChI=1S/C13H23N3O4/c1-12(2,3)20-11(19)16-7-5-13(6-8-16,15-9-17)10(18)14-4/h9H,5-8H2,1-4H3,(H,14,18)(H,15,17). The van der Waals surface area contributed by atoms with Crippen LogP contribution < -0.4 is 10.6 Å². The van der Waals surface area contributed by atoms with E-state index in [0.29, 0.717) is 32.3 Å². The quantitative estimate of drug-likeness (QED) is 0.728. The summed E-state index contributed by atoms with van der Waals surface area (Å²) in [6.45, 7) is 6.14. The van der Waals surface area contributed by atoms with Crippen LogP contribution in [-0.2, 0) is 14.3 Å². The van der Waals surface area contributed by atoms with Gasteiger partial charge in [-0.15, -0.1) is 0 Å². The van der Waals surface area contributed by atoms with Gasteiger partial charge in [0.05, 0.1) is 0 Å². The molecule has 0 unspecified atom stereocenters. The number of piperidine rings is 1. The van der Waals surface area contributed by atoms with E-state index >= 15 is 0 Å². The first-order valence-corrected chi connectivity index (χ1v) is 6.65. The number of ether oxygens (including phenoxy) is 1. The lowest BCUT2D eigenvalue weighted by atomic mass is 9.87. The van der Waals surface area contributed by atoms with Crippen molar-refractivity contribution >= 4 is 18.4 Å². The molecule has 114 valence electrons. The van der Waals surface area contributed by atoms with Crippen molar-refractivity contribution in [3.8, 4) is 0 Å². The van der Waals surface area contributed by atoms with Crippen LogP contribution in [0.15, 0.2) is 0 Å². The van der Waals surface area contributed by atoms with E-state index in [1.165, 1.54) is 7.05 Å². The zero-order valence-corrected chi connectivity index (χ0v) is 12.5. The molecule has 0 aromatic heterocycles. The average Bonchev–Trinajstić information content (AvgIpc) is 2.36. The lowest BCUT2D eigenvalue weighted by Crippen LogP contribution is -2.61. The fourth-order valence-electron chi connectivity index (χ4n) is 2.19. The molecule has 1 aliphatic rings. The first kappa shape index (κ1) is 16.3. The number of likely N-dealkylation sites (tertiary alicyclic amines) is 1. The number of likely N-dealkylation sites (N-methyl/N-ethyl adjacent to an activating group) is 1. The second kappa shape index (κ2) is 6.11. The Balaban J connectivity index is 2.67. The molecule has 0 bridgehead atoms. The average molecular weight is 285 g/mol. The Bertz CT molecular complexity index is 382. The molecule has 0 aliphatic carbocycles. The van der Waals surface area contributed by atoms with Gasteiger partial charge in [0.15, 0.2) is 0 Å². The molecule has 0 atom stereocenters. The van der Waals surface area contributed by atoms with Crippen molar-refractivity contribution in [2.45, 2.75) is 44.8 Å². The summed E-state index contributed by atoms with van der Waals surface area (Å²) in [6.07, 6.45) is 0.863. The molecule has 0 radical (unpaired) electrons. The van der Waals surface area contributed by atoms with E-state index in [9.17, 15) is 14.4 Å². The second-order valence-corrected chi connectivity index (χ2v) is 5.89. The third-order valence-corrected chi connectivity index (χ3v) is 3.27. The van der Waals surface area contributed by atoms with E-state index in [4.69, 9.17) is 4.74 Å². The second-order valence-electron chi connectivity index (χ2n) is 5.89. The maximum absolute atomic E-state index is 11.9. The van der Waals surface area contributed by atoms with Crippen molar-refractivity contribution in [2.24, 2.45) is 0 Å². The van der Waals surface area contributed by atoms with Gasteiger partial charge in [0.25, 0.3) is 0 Å². The Morgan fingerprint density at radius 2 is 1.80 bits per heavy atom. The van der Waals surface area contributed by atoms with Gasteiger partial charge < -0.3 is 20.3 Å². The van der Waals surface area contributed by atoms with E-state index < -0.39 is 17.2 Å². The van der Waals surface area contributed by atoms with Gasteiger partial charge in [0, 0.05) is 20.1 Å². The molecule has 0 aromatic rings. The van der Waals surface area contributed by atoms with Gasteiger partial charge in [-0.3, -0.25) is 9.59 Å². The molecule has 0 saturated carbocycles. The highest BCUT2D eigenvalue weighted by molar-refractivity contribution is 5.88. The van der Waals surface area contributed by atoms with Crippen LogP contribution in [0.3, 0.4) is 0 Å². The van der Waals surface area contributed by atoms with E-state index in [1.807, 2.05) is 0 Å². The third-order valence-electron chi connectivity index (χ3n) is 3.27. The van der Waals surface area contributed by atoms with Crippen molar-refractivity contribution < 1.29 is 19.1 Å². The summed E-state index contributed by atoms with van der Waals surface area (Å²) in [7, 11) is 1.52. The van der Waals surface area contributed by atoms with Crippen LogP contribution in [0, 0.1) is 0 Å². The number of carbonyl (C=O) groups excluding carboxylic acids is 3. The number of rotatable bonds is 3. The van der Waals surface area contributed by atoms with Crippen molar-refractivity contribution in [1.29, 1.82) is 0 Å². The molecule has 20 heavy (non-hydrogen) atoms. The Morgan fingerprint density at radius 1 is 1.25 bits per heavy atom. The Morgan fingerprint density at radius 3 is 2.20 bits per heavy atom. The molecule has 1 fully saturated rings. The Kier molecular flexibility index (Phi) is 4.97. The van der Waals surface area contributed by atoms with Crippen LogP contribution in [0.2, 0.25) is 0 Å². The molecule has 7 heteroatoms. The van der Waals surface area contributed by atoms with Crippen LogP contribution in [0.1, 0.15) is 33.6 Å². The monoisotopic (exact) mass is 285 g/mol. The molecule has 1 heterocycles. The van der Waals surface area contributed by atoms with E-state index in [2.05, 4.69) is 10.6 Å². The minimum absolute atomic E-state index is 0.242. The van der Waals surface area contributed by atoms with Crippen LogP contribution in [0.4, 0.5) is 4.79 Å². The minimum atomic E-state index is -0.936. The predicted octanol–water partition coefficient (Wildman–Crippen LogP) is 0.248. The summed E-state index contributed by atoms with van der Waals surface area (Å²) < 4.78 is 5.29. The number of amides is 3. The zero-order chi connectivity index (χ0) is 15.4. The van der Waals surface area contributed by atoms with Crippen LogP contribution in [-0.4, -0.2) is 54.6 Å². The van der Waals surface area contributed by atoms with Gasteiger partial charge in [0.1, 0.15) is 11.1 Å². The lowest BCUT2D eigenvalue weighted by molar-refractivity contribution is -0.132. The molecule has 7 nitrogen and oxygen atoms in total. The van der Waals surface area contributed by atoms with Crippen molar-refractivity contribution in [3.05, 3.63) is 0 Å². The largest absolute Gasteiger partial charge is 0.444 e. The highest BCUT2D eigenvalue weighted by Gasteiger charge is 2.42. The van der Waals surface area contributed by atoms with Gasteiger partial charge in [-0.25, -0.2) is 4.79 Å². The molecular formula is C13H23N3O4. The van der Waals surface area contributed by atoms with E-state index in [1.54, 1.807) is 25.7 Å². The lowest BCUT2D eigenvalue weighted by Gasteiger charge is -2.40. The van der Waals surface area contributed by atoms with E-state index in [-0.39, 0.29) is 5.91 Å². The summed E-state index contributed by atoms with van der Waals surface area (Å²) >= 11 is 0. The minimum Gasteiger partial charge on any atom is -0.444 e. The molecule has 1 rings (SSSR count). The molecule has 1 aliphatic heterocycles. The molecule has 3 amide bonds. The number of hydrogen-bond donors (Lipinski definition) is 2. The number of hydrogen-bond acceptors (Lipinski definition) is 4. The fraction of sp³-hybridized carbons (Fsp3) is 0.769. The highest BCUT2D eigenvalue weighted by Crippen LogP contribution is 2.23.